The van der Waals surface area contributed by atoms with Gasteiger partial charge in [0.15, 0.2) is 0 Å². The van der Waals surface area contributed by atoms with Gasteiger partial charge >= 0.3 is 0 Å². The summed E-state index contributed by atoms with van der Waals surface area (Å²) in [5.74, 6) is 6.37. The minimum absolute atomic E-state index is 0. The third-order valence-electron chi connectivity index (χ3n) is 3.47. The molecule has 0 amide bonds. The molecule has 0 aliphatic carbocycles. The van der Waals surface area contributed by atoms with Gasteiger partial charge in [0.2, 0.25) is 0 Å². The number of para-hydroxylation sites is 1. The average molecular weight is 498 g/mol. The van der Waals surface area contributed by atoms with E-state index in [4.69, 9.17) is 33.8 Å². The molecule has 5 nitrogen and oxygen atoms in total. The van der Waals surface area contributed by atoms with E-state index in [1.807, 2.05) is 57.2 Å². The van der Waals surface area contributed by atoms with Crippen LogP contribution in [0.5, 0.6) is 11.5 Å². The highest BCUT2D eigenvalue weighted by Crippen LogP contribution is 2.22. The summed E-state index contributed by atoms with van der Waals surface area (Å²) in [6.45, 7) is 6.02. The van der Waals surface area contributed by atoms with Crippen LogP contribution in [0.2, 0.25) is 0 Å². The molecular weight excluding hydrogens is 471 g/mol. The summed E-state index contributed by atoms with van der Waals surface area (Å²) in [4.78, 5) is 21.4. The van der Waals surface area contributed by atoms with Crippen LogP contribution in [0.1, 0.15) is 41.5 Å². The number of nitrogens with one attached hydrogen (secondary N) is 1. The number of halogens is 3. The third-order valence-corrected chi connectivity index (χ3v) is 3.91. The standard InChI is InChI=1S/C13H9ClO2.C7H5ClO.C4H12N2.ClH/c14-13(15)10-5-4-8-12(9-10)16-11-6-2-1-3-7-11;8-7(9)6-4-2-1-3-5-6;1-4(2,3)6-5;/h1-9H;1-5H;6H,5H2,1-3H3;1H. The Morgan fingerprint density at radius 1 is 0.750 bits per heavy atom. The van der Waals surface area contributed by atoms with Crippen molar-refractivity contribution >= 4 is 46.1 Å². The molecule has 0 aromatic heterocycles. The van der Waals surface area contributed by atoms with E-state index in [1.54, 1.807) is 48.5 Å². The zero-order valence-corrected chi connectivity index (χ0v) is 20.4. The van der Waals surface area contributed by atoms with E-state index in [-0.39, 0.29) is 17.9 Å². The molecule has 8 heteroatoms. The molecule has 0 saturated heterocycles. The Balaban J connectivity index is 0.000000510. The maximum Gasteiger partial charge on any atom is 0.252 e. The first-order chi connectivity index (χ1) is 14.6. The first-order valence-electron chi connectivity index (χ1n) is 9.38. The summed E-state index contributed by atoms with van der Waals surface area (Å²) < 4.78 is 5.56. The molecule has 32 heavy (non-hydrogen) atoms. The maximum absolute atomic E-state index is 11.0. The average Bonchev–Trinajstić information content (AvgIpc) is 2.76. The molecule has 0 fully saturated rings. The fraction of sp³-hybridized carbons (Fsp3) is 0.167. The lowest BCUT2D eigenvalue weighted by Gasteiger charge is -2.14. The Hall–Kier alpha value is -2.41. The van der Waals surface area contributed by atoms with Gasteiger partial charge in [-0.1, -0.05) is 54.6 Å². The molecule has 3 N–H and O–H groups in total. The van der Waals surface area contributed by atoms with Crippen LogP contribution in [0, 0.1) is 0 Å². The molecule has 0 heterocycles. The SMILES string of the molecule is CC(C)(C)NN.Cl.O=C(Cl)c1cccc(Oc2ccccc2)c1.O=C(Cl)c1ccccc1. The zero-order chi connectivity index (χ0) is 23.3. The van der Waals surface area contributed by atoms with Gasteiger partial charge in [-0.25, -0.2) is 0 Å². The number of hydrogen-bond acceptors (Lipinski definition) is 5. The molecule has 0 radical (unpaired) electrons. The highest BCUT2D eigenvalue weighted by Gasteiger charge is 2.04. The van der Waals surface area contributed by atoms with E-state index >= 15 is 0 Å². The largest absolute Gasteiger partial charge is 0.457 e. The molecule has 0 spiro atoms. The van der Waals surface area contributed by atoms with Gasteiger partial charge in [-0.3, -0.25) is 20.9 Å². The lowest BCUT2D eigenvalue weighted by atomic mass is 10.1. The van der Waals surface area contributed by atoms with Gasteiger partial charge in [0.05, 0.1) is 0 Å². The Morgan fingerprint density at radius 3 is 1.56 bits per heavy atom. The molecule has 172 valence electrons. The van der Waals surface area contributed by atoms with E-state index in [9.17, 15) is 9.59 Å². The van der Waals surface area contributed by atoms with Crippen molar-refractivity contribution in [3.8, 4) is 11.5 Å². The number of benzene rings is 3. The summed E-state index contributed by atoms with van der Waals surface area (Å²) in [5.41, 5.74) is 3.64. The molecule has 3 rings (SSSR count). The summed E-state index contributed by atoms with van der Waals surface area (Å²) in [6, 6.07) is 24.9. The van der Waals surface area contributed by atoms with Crippen molar-refractivity contribution in [2.75, 3.05) is 0 Å². The second-order valence-corrected chi connectivity index (χ2v) is 7.94. The van der Waals surface area contributed by atoms with Crippen molar-refractivity contribution in [3.05, 3.63) is 96.1 Å². The lowest BCUT2D eigenvalue weighted by Crippen LogP contribution is -2.41. The van der Waals surface area contributed by atoms with E-state index in [1.165, 1.54) is 0 Å². The highest BCUT2D eigenvalue weighted by molar-refractivity contribution is 6.68. The van der Waals surface area contributed by atoms with E-state index in [2.05, 4.69) is 5.43 Å². The second-order valence-electron chi connectivity index (χ2n) is 7.25. The monoisotopic (exact) mass is 496 g/mol. The summed E-state index contributed by atoms with van der Waals surface area (Å²) in [7, 11) is 0. The van der Waals surface area contributed by atoms with Crippen LogP contribution in [-0.2, 0) is 0 Å². The van der Waals surface area contributed by atoms with Gasteiger partial charge in [0.25, 0.3) is 10.5 Å². The van der Waals surface area contributed by atoms with E-state index in [0.29, 0.717) is 16.9 Å². The zero-order valence-electron chi connectivity index (χ0n) is 18.0. The third kappa shape index (κ3) is 13.1. The molecule has 0 unspecified atom stereocenters. The number of hydrazine groups is 1. The smallest absolute Gasteiger partial charge is 0.252 e. The summed E-state index contributed by atoms with van der Waals surface area (Å²) in [5, 5.41) is -0.894. The fourth-order valence-electron chi connectivity index (χ4n) is 1.88. The van der Waals surface area contributed by atoms with Gasteiger partial charge in [-0.2, -0.15) is 0 Å². The molecule has 3 aromatic carbocycles. The van der Waals surface area contributed by atoms with Crippen LogP contribution in [0.4, 0.5) is 0 Å². The Bertz CT molecular complexity index is 947. The van der Waals surface area contributed by atoms with Crippen LogP contribution in [0.15, 0.2) is 84.9 Å². The van der Waals surface area contributed by atoms with E-state index in [0.717, 1.165) is 5.75 Å². The van der Waals surface area contributed by atoms with Crippen LogP contribution in [-0.4, -0.2) is 16.0 Å². The van der Waals surface area contributed by atoms with E-state index < -0.39 is 10.5 Å². The van der Waals surface area contributed by atoms with Crippen molar-refractivity contribution in [2.45, 2.75) is 26.3 Å². The highest BCUT2D eigenvalue weighted by atomic mass is 35.5. The Kier molecular flexibility index (Phi) is 14.2. The number of carbonyl (C=O) groups excluding carboxylic acids is 2. The van der Waals surface area contributed by atoms with Gasteiger partial charge in [-0.05, 0) is 74.3 Å². The molecule has 0 aliphatic heterocycles. The number of rotatable bonds is 4. The van der Waals surface area contributed by atoms with Crippen LogP contribution >= 0.6 is 35.6 Å². The van der Waals surface area contributed by atoms with Crippen LogP contribution < -0.4 is 16.0 Å². The first-order valence-corrected chi connectivity index (χ1v) is 10.1. The minimum Gasteiger partial charge on any atom is -0.457 e. The normalized spacial score (nSPS) is 9.69. The predicted molar refractivity (Wildman–Crippen MR) is 134 cm³/mol. The van der Waals surface area contributed by atoms with Crippen LogP contribution in [0.3, 0.4) is 0 Å². The maximum atomic E-state index is 11.0. The first kappa shape index (κ1) is 29.6. The second kappa shape index (κ2) is 15.4. The fourth-order valence-corrected chi connectivity index (χ4v) is 2.12. The number of ether oxygens (including phenoxy) is 1. The minimum atomic E-state index is -0.487. The molecule has 3 aromatic rings. The number of carbonyl (C=O) groups is 2. The summed E-state index contributed by atoms with van der Waals surface area (Å²) >= 11 is 10.5. The van der Waals surface area contributed by atoms with Crippen LogP contribution in [0.25, 0.3) is 0 Å². The molecule has 0 bridgehead atoms. The molecule has 0 saturated carbocycles. The lowest BCUT2D eigenvalue weighted by molar-refractivity contribution is 0.107. The van der Waals surface area contributed by atoms with Crippen molar-refractivity contribution in [3.63, 3.8) is 0 Å². The molecule has 0 atom stereocenters. The Labute approximate surface area is 205 Å². The van der Waals surface area contributed by atoms with Gasteiger partial charge < -0.3 is 4.74 Å². The Morgan fingerprint density at radius 2 is 1.16 bits per heavy atom. The quantitative estimate of drug-likeness (QED) is 0.241. The van der Waals surface area contributed by atoms with Gasteiger partial charge in [-0.15, -0.1) is 12.4 Å². The number of nitrogens with two attached hydrogens (primary N) is 1. The number of hydrogen-bond donors (Lipinski definition) is 2. The van der Waals surface area contributed by atoms with Crippen molar-refractivity contribution in [2.24, 2.45) is 5.84 Å². The van der Waals surface area contributed by atoms with Gasteiger partial charge in [0.1, 0.15) is 11.5 Å². The van der Waals surface area contributed by atoms with Crippen molar-refractivity contribution in [1.29, 1.82) is 0 Å². The molecular formula is C24H27Cl3N2O3. The summed E-state index contributed by atoms with van der Waals surface area (Å²) in [6.07, 6.45) is 0. The molecule has 0 aliphatic rings. The predicted octanol–water partition coefficient (Wildman–Crippen LogP) is 6.59. The van der Waals surface area contributed by atoms with Crippen molar-refractivity contribution < 1.29 is 14.3 Å². The topological polar surface area (TPSA) is 81.4 Å². The van der Waals surface area contributed by atoms with Crippen molar-refractivity contribution in [1.82, 2.24) is 5.43 Å². The van der Waals surface area contributed by atoms with Gasteiger partial charge in [0, 0.05) is 16.7 Å².